The predicted octanol–water partition coefficient (Wildman–Crippen LogP) is 2.22. The molecule has 1 aromatic carbocycles. The lowest BCUT2D eigenvalue weighted by Gasteiger charge is -2.22. The second-order valence-electron chi connectivity index (χ2n) is 5.28. The van der Waals surface area contributed by atoms with Gasteiger partial charge in [0.1, 0.15) is 5.82 Å². The monoisotopic (exact) mass is 392 g/mol. The molecule has 1 atom stereocenters. The first-order valence-corrected chi connectivity index (χ1v) is 8.98. The summed E-state index contributed by atoms with van der Waals surface area (Å²) in [4.78, 5) is 11.3. The number of fused-ring (bicyclic) bond motifs is 1. The highest BCUT2D eigenvalue weighted by molar-refractivity contribution is 9.10. The summed E-state index contributed by atoms with van der Waals surface area (Å²) in [6.07, 6.45) is 2.37. The lowest BCUT2D eigenvalue weighted by Crippen LogP contribution is -2.43. The molecule has 1 heterocycles. The van der Waals surface area contributed by atoms with E-state index < -0.39 is 26.4 Å². The van der Waals surface area contributed by atoms with Crippen molar-refractivity contribution in [2.75, 3.05) is 6.26 Å². The Morgan fingerprint density at radius 2 is 2.14 bits per heavy atom. The third kappa shape index (κ3) is 3.00. The predicted molar refractivity (Wildman–Crippen MR) is 82.9 cm³/mol. The van der Waals surface area contributed by atoms with Crippen molar-refractivity contribution >= 4 is 42.6 Å². The Balaban J connectivity index is 2.30. The quantitative estimate of drug-likeness (QED) is 0.842. The molecule has 120 valence electrons. The summed E-state index contributed by atoms with van der Waals surface area (Å²) >= 11 is 3.07. The lowest BCUT2D eigenvalue weighted by atomic mass is 10.1. The molecule has 0 saturated heterocycles. The molecule has 0 unspecified atom stereocenters. The van der Waals surface area contributed by atoms with E-state index in [1.807, 2.05) is 0 Å². The Kier molecular flexibility index (Phi) is 4.31. The van der Waals surface area contributed by atoms with Crippen LogP contribution in [0.15, 0.2) is 22.8 Å². The highest BCUT2D eigenvalue weighted by Gasteiger charge is 2.43. The van der Waals surface area contributed by atoms with E-state index in [0.29, 0.717) is 15.4 Å². The smallest absolute Gasteiger partial charge is 0.324 e. The van der Waals surface area contributed by atoms with Crippen LogP contribution in [0, 0.1) is 5.82 Å². The second-order valence-corrected chi connectivity index (χ2v) is 8.58. The van der Waals surface area contributed by atoms with Gasteiger partial charge in [0.2, 0.25) is 0 Å². The van der Waals surface area contributed by atoms with E-state index in [1.165, 1.54) is 17.7 Å². The Morgan fingerprint density at radius 3 is 2.68 bits per heavy atom. The molecule has 0 aliphatic heterocycles. The average Bonchev–Trinajstić information content (AvgIpc) is 2.76. The molecule has 6 nitrogen and oxygen atoms in total. The molecule has 9 heteroatoms. The van der Waals surface area contributed by atoms with Crippen LogP contribution in [0.5, 0.6) is 0 Å². The summed E-state index contributed by atoms with van der Waals surface area (Å²) in [5, 5.41) is 14.0. The summed E-state index contributed by atoms with van der Waals surface area (Å²) in [7, 11) is -3.79. The van der Waals surface area contributed by atoms with Crippen LogP contribution >= 0.6 is 15.9 Å². The van der Waals surface area contributed by atoms with E-state index in [4.69, 9.17) is 0 Å². The first-order valence-electron chi connectivity index (χ1n) is 6.30. The Morgan fingerprint density at radius 1 is 1.50 bits per heavy atom. The van der Waals surface area contributed by atoms with E-state index in [2.05, 4.69) is 21.0 Å². The number of rotatable bonds is 5. The van der Waals surface area contributed by atoms with E-state index in [1.54, 1.807) is 12.3 Å². The van der Waals surface area contributed by atoms with Gasteiger partial charge >= 0.3 is 5.97 Å². The van der Waals surface area contributed by atoms with Gasteiger partial charge in [-0.3, -0.25) is 9.48 Å². The minimum Gasteiger partial charge on any atom is -0.480 e. The molecular formula is C13H14BrFN2O4S. The standard InChI is InChI=1S/C13H14BrFN2O4S/c1-13(12(18)19,22(2,20)21)3-4-17-7-8-5-9(14)10(15)6-11(8)16-17/h5-7H,3-4H2,1-2H3,(H,18,19)/t13-/m1/s1. The first kappa shape index (κ1) is 16.9. The van der Waals surface area contributed by atoms with Crippen LogP contribution in [-0.4, -0.2) is 40.3 Å². The molecule has 0 aliphatic rings. The molecular weight excluding hydrogens is 379 g/mol. The maximum Gasteiger partial charge on any atom is 0.324 e. The molecule has 0 amide bonds. The molecule has 0 fully saturated rings. The maximum absolute atomic E-state index is 13.4. The van der Waals surface area contributed by atoms with Crippen molar-refractivity contribution in [3.63, 3.8) is 0 Å². The van der Waals surface area contributed by atoms with Crippen LogP contribution in [0.25, 0.3) is 10.9 Å². The minimum absolute atomic E-state index is 0.0871. The number of halogens is 2. The number of hydrogen-bond acceptors (Lipinski definition) is 4. The van der Waals surface area contributed by atoms with Crippen LogP contribution in [0.2, 0.25) is 0 Å². The normalized spacial score (nSPS) is 14.9. The van der Waals surface area contributed by atoms with Crippen LogP contribution in [0.1, 0.15) is 13.3 Å². The fraction of sp³-hybridized carbons (Fsp3) is 0.385. The average molecular weight is 393 g/mol. The third-order valence-electron chi connectivity index (χ3n) is 3.68. The van der Waals surface area contributed by atoms with Gasteiger partial charge in [-0.15, -0.1) is 0 Å². The largest absolute Gasteiger partial charge is 0.480 e. The van der Waals surface area contributed by atoms with Gasteiger partial charge in [-0.1, -0.05) is 0 Å². The van der Waals surface area contributed by atoms with Crippen molar-refractivity contribution < 1.29 is 22.7 Å². The first-order chi connectivity index (χ1) is 10.0. The number of carboxylic acids is 1. The fourth-order valence-electron chi connectivity index (χ4n) is 1.96. The number of hydrogen-bond donors (Lipinski definition) is 1. The number of carboxylic acid groups (broad SMARTS) is 1. The van der Waals surface area contributed by atoms with Gasteiger partial charge < -0.3 is 5.11 Å². The number of sulfone groups is 1. The van der Waals surface area contributed by atoms with Gasteiger partial charge in [0.25, 0.3) is 0 Å². The topological polar surface area (TPSA) is 89.3 Å². The van der Waals surface area contributed by atoms with E-state index in [-0.39, 0.29) is 13.0 Å². The van der Waals surface area contributed by atoms with E-state index >= 15 is 0 Å². The van der Waals surface area contributed by atoms with Crippen molar-refractivity contribution in [3.8, 4) is 0 Å². The molecule has 0 spiro atoms. The second kappa shape index (κ2) is 5.62. The Hall–Kier alpha value is -1.48. The van der Waals surface area contributed by atoms with Crippen LogP contribution in [0.3, 0.4) is 0 Å². The highest BCUT2D eigenvalue weighted by atomic mass is 79.9. The number of aliphatic carboxylic acids is 1. The van der Waals surface area contributed by atoms with Crippen LogP contribution in [-0.2, 0) is 21.2 Å². The minimum atomic E-state index is -3.79. The van der Waals surface area contributed by atoms with Crippen molar-refractivity contribution in [2.45, 2.75) is 24.6 Å². The van der Waals surface area contributed by atoms with Gasteiger partial charge in [0.15, 0.2) is 14.6 Å². The van der Waals surface area contributed by atoms with Crippen LogP contribution in [0.4, 0.5) is 4.39 Å². The van der Waals surface area contributed by atoms with Gasteiger partial charge in [0, 0.05) is 30.4 Å². The number of aromatic nitrogens is 2. The number of carbonyl (C=O) groups is 1. The SMILES string of the molecule is C[C@@](CCn1cc2cc(Br)c(F)cc2n1)(C(=O)O)S(C)(=O)=O. The fourth-order valence-corrected chi connectivity index (χ4v) is 3.10. The molecule has 0 aliphatic carbocycles. The maximum atomic E-state index is 13.4. The molecule has 1 aromatic heterocycles. The summed E-state index contributed by atoms with van der Waals surface area (Å²) in [6.45, 7) is 1.26. The Bertz CT molecular complexity index is 810. The molecule has 22 heavy (non-hydrogen) atoms. The molecule has 2 rings (SSSR count). The molecule has 0 radical (unpaired) electrons. The van der Waals surface area contributed by atoms with Crippen LogP contribution < -0.4 is 0 Å². The zero-order chi connectivity index (χ0) is 16.7. The Labute approximate surface area is 135 Å². The molecule has 0 saturated carbocycles. The summed E-state index contributed by atoms with van der Waals surface area (Å²) in [5.74, 6) is -1.86. The number of nitrogens with zero attached hydrogens (tertiary/aromatic N) is 2. The van der Waals surface area contributed by atoms with Gasteiger partial charge in [-0.25, -0.2) is 12.8 Å². The van der Waals surface area contributed by atoms with Crippen molar-refractivity contribution in [2.24, 2.45) is 0 Å². The summed E-state index contributed by atoms with van der Waals surface area (Å²) in [6, 6.07) is 2.81. The van der Waals surface area contributed by atoms with Crippen molar-refractivity contribution in [1.29, 1.82) is 0 Å². The molecule has 0 bridgehead atoms. The van der Waals surface area contributed by atoms with Crippen molar-refractivity contribution in [3.05, 3.63) is 28.6 Å². The number of benzene rings is 1. The summed E-state index contributed by atoms with van der Waals surface area (Å²) < 4.78 is 36.7. The van der Waals surface area contributed by atoms with Gasteiger partial charge in [-0.05, 0) is 35.3 Å². The summed E-state index contributed by atoms with van der Waals surface area (Å²) in [5.41, 5.74) is 0.414. The van der Waals surface area contributed by atoms with Crippen molar-refractivity contribution in [1.82, 2.24) is 9.78 Å². The zero-order valence-electron chi connectivity index (χ0n) is 11.9. The van der Waals surface area contributed by atoms with Gasteiger partial charge in [-0.2, -0.15) is 5.10 Å². The molecule has 1 N–H and O–H groups in total. The van der Waals surface area contributed by atoms with Gasteiger partial charge in [0.05, 0.1) is 9.99 Å². The van der Waals surface area contributed by atoms with E-state index in [9.17, 15) is 22.7 Å². The number of aryl methyl sites for hydroxylation is 1. The highest BCUT2D eigenvalue weighted by Crippen LogP contribution is 2.25. The third-order valence-corrected chi connectivity index (χ3v) is 6.31. The lowest BCUT2D eigenvalue weighted by molar-refractivity contribution is -0.139. The molecule has 2 aromatic rings. The zero-order valence-corrected chi connectivity index (χ0v) is 14.3. The van der Waals surface area contributed by atoms with E-state index in [0.717, 1.165) is 6.26 Å².